The highest BCUT2D eigenvalue weighted by Crippen LogP contribution is 2.23. The van der Waals surface area contributed by atoms with Crippen LogP contribution < -0.4 is 0 Å². The second-order valence-corrected chi connectivity index (χ2v) is 3.67. The van der Waals surface area contributed by atoms with Crippen LogP contribution in [-0.4, -0.2) is 0 Å². The first-order valence-electron chi connectivity index (χ1n) is 3.26. The summed E-state index contributed by atoms with van der Waals surface area (Å²) in [7, 11) is 0. The topological polar surface area (TPSA) is 23.8 Å². The van der Waals surface area contributed by atoms with Crippen LogP contribution in [0.15, 0.2) is 30.3 Å². The van der Waals surface area contributed by atoms with Crippen LogP contribution in [0.4, 0.5) is 0 Å². The first-order valence-corrected chi connectivity index (χ1v) is 4.71. The lowest BCUT2D eigenvalue weighted by atomic mass is 10.2. The van der Waals surface area contributed by atoms with Crippen molar-refractivity contribution in [1.82, 2.24) is 0 Å². The van der Waals surface area contributed by atoms with Crippen molar-refractivity contribution in [3.05, 3.63) is 39.5 Å². The molecule has 1 rings (SSSR count). The fourth-order valence-electron chi connectivity index (χ4n) is 0.789. The Hall–Kier alpha value is -0.530. The summed E-state index contributed by atoms with van der Waals surface area (Å²) in [5, 5.41) is 8.86. The van der Waals surface area contributed by atoms with Gasteiger partial charge in [0.1, 0.15) is 0 Å². The molecule has 0 radical (unpaired) electrons. The van der Waals surface area contributed by atoms with Crippen molar-refractivity contribution in [2.75, 3.05) is 0 Å². The van der Waals surface area contributed by atoms with Crippen LogP contribution in [0.5, 0.6) is 0 Å². The van der Waals surface area contributed by atoms with Crippen molar-refractivity contribution in [3.63, 3.8) is 0 Å². The molecular weight excluding hydrogens is 284 g/mol. The number of hydrogen-bond acceptors (Lipinski definition) is 1. The summed E-state index contributed by atoms with van der Waals surface area (Å²) in [6.45, 7) is 0. The standard InChI is InChI=1S/C9H5ClIN/c10-8(5-6-12)7-3-1-2-4-9(7)11/h1-5H/b8-5-. The van der Waals surface area contributed by atoms with Gasteiger partial charge >= 0.3 is 0 Å². The normalized spacial score (nSPS) is 10.9. The Balaban J connectivity index is 3.13. The zero-order chi connectivity index (χ0) is 8.97. The molecule has 0 heterocycles. The molecule has 0 spiro atoms. The van der Waals surface area contributed by atoms with Gasteiger partial charge < -0.3 is 0 Å². The average Bonchev–Trinajstić information content (AvgIpc) is 2.05. The van der Waals surface area contributed by atoms with Crippen LogP contribution in [0, 0.1) is 14.9 Å². The first-order chi connectivity index (χ1) is 5.75. The minimum absolute atomic E-state index is 0.488. The molecule has 60 valence electrons. The molecule has 1 aromatic rings. The van der Waals surface area contributed by atoms with Crippen LogP contribution in [0.3, 0.4) is 0 Å². The molecule has 0 aliphatic heterocycles. The highest BCUT2D eigenvalue weighted by Gasteiger charge is 2.00. The van der Waals surface area contributed by atoms with Gasteiger partial charge in [-0.3, -0.25) is 0 Å². The van der Waals surface area contributed by atoms with Crippen LogP contribution >= 0.6 is 34.2 Å². The maximum Gasteiger partial charge on any atom is 0.0927 e. The largest absolute Gasteiger partial charge is 0.193 e. The van der Waals surface area contributed by atoms with Gasteiger partial charge in [0.15, 0.2) is 0 Å². The zero-order valence-electron chi connectivity index (χ0n) is 6.09. The minimum atomic E-state index is 0.488. The average molecular weight is 290 g/mol. The van der Waals surface area contributed by atoms with Gasteiger partial charge in [0.25, 0.3) is 0 Å². The van der Waals surface area contributed by atoms with Crippen molar-refractivity contribution in [2.45, 2.75) is 0 Å². The number of rotatable bonds is 1. The molecule has 0 fully saturated rings. The lowest BCUT2D eigenvalue weighted by Crippen LogP contribution is -1.81. The van der Waals surface area contributed by atoms with Gasteiger partial charge in [0, 0.05) is 15.2 Å². The number of nitrogens with zero attached hydrogens (tertiary/aromatic N) is 1. The molecule has 3 heteroatoms. The second kappa shape index (κ2) is 4.48. The Morgan fingerprint density at radius 3 is 2.75 bits per heavy atom. The van der Waals surface area contributed by atoms with Crippen molar-refractivity contribution in [3.8, 4) is 6.07 Å². The van der Waals surface area contributed by atoms with Crippen LogP contribution in [0.2, 0.25) is 0 Å². The zero-order valence-corrected chi connectivity index (χ0v) is 9.00. The number of benzene rings is 1. The number of nitriles is 1. The molecule has 0 N–H and O–H groups in total. The predicted octanol–water partition coefficient (Wildman–Crippen LogP) is 3.39. The van der Waals surface area contributed by atoms with E-state index in [1.165, 1.54) is 6.08 Å². The summed E-state index contributed by atoms with van der Waals surface area (Å²) >= 11 is 8.03. The molecule has 1 nitrogen and oxygen atoms in total. The SMILES string of the molecule is N#C/C=C(\Cl)c1ccccc1I. The number of halogens is 2. The van der Waals surface area contributed by atoms with E-state index in [0.717, 1.165) is 9.13 Å². The third-order valence-electron chi connectivity index (χ3n) is 1.32. The molecule has 0 saturated carbocycles. The molecule has 0 atom stereocenters. The van der Waals surface area contributed by atoms with Gasteiger partial charge in [0.05, 0.1) is 11.1 Å². The Morgan fingerprint density at radius 2 is 2.17 bits per heavy atom. The quantitative estimate of drug-likeness (QED) is 0.574. The summed E-state index contributed by atoms with van der Waals surface area (Å²) in [5.74, 6) is 0. The Bertz CT molecular complexity index is 352. The van der Waals surface area contributed by atoms with Gasteiger partial charge in [-0.15, -0.1) is 0 Å². The molecule has 0 aromatic heterocycles. The summed E-state index contributed by atoms with van der Waals surface area (Å²) in [6, 6.07) is 9.56. The molecule has 12 heavy (non-hydrogen) atoms. The molecule has 0 aliphatic rings. The van der Waals surface area contributed by atoms with Gasteiger partial charge in [-0.2, -0.15) is 5.26 Å². The van der Waals surface area contributed by atoms with E-state index in [1.807, 2.05) is 30.3 Å². The fourth-order valence-corrected chi connectivity index (χ4v) is 1.84. The smallest absolute Gasteiger partial charge is 0.0927 e. The number of allylic oxidation sites excluding steroid dienone is 1. The minimum Gasteiger partial charge on any atom is -0.193 e. The van der Waals surface area contributed by atoms with E-state index in [2.05, 4.69) is 22.6 Å². The monoisotopic (exact) mass is 289 g/mol. The molecular formula is C9H5ClIN. The first kappa shape index (κ1) is 9.56. The highest BCUT2D eigenvalue weighted by atomic mass is 127. The fraction of sp³-hybridized carbons (Fsp3) is 0. The van der Waals surface area contributed by atoms with E-state index >= 15 is 0 Å². The third-order valence-corrected chi connectivity index (χ3v) is 2.58. The lowest BCUT2D eigenvalue weighted by Gasteiger charge is -1.99. The van der Waals surface area contributed by atoms with E-state index in [9.17, 15) is 0 Å². The molecule has 1 aromatic carbocycles. The third kappa shape index (κ3) is 2.23. The maximum absolute atomic E-state index is 8.38. The molecule has 0 saturated heterocycles. The van der Waals surface area contributed by atoms with Crippen molar-refractivity contribution in [2.24, 2.45) is 0 Å². The maximum atomic E-state index is 8.38. The van der Waals surface area contributed by atoms with Gasteiger partial charge in [-0.1, -0.05) is 29.8 Å². The molecule has 0 bridgehead atoms. The van der Waals surface area contributed by atoms with Crippen LogP contribution in [0.25, 0.3) is 5.03 Å². The van der Waals surface area contributed by atoms with E-state index < -0.39 is 0 Å². The van der Waals surface area contributed by atoms with Gasteiger partial charge in [0.2, 0.25) is 0 Å². The van der Waals surface area contributed by atoms with Crippen LogP contribution in [0.1, 0.15) is 5.56 Å². The predicted molar refractivity (Wildman–Crippen MR) is 58.6 cm³/mol. The van der Waals surface area contributed by atoms with E-state index in [1.54, 1.807) is 0 Å². The summed E-state index contributed by atoms with van der Waals surface area (Å²) in [5.41, 5.74) is 0.904. The van der Waals surface area contributed by atoms with Crippen molar-refractivity contribution >= 4 is 39.2 Å². The summed E-state index contributed by atoms with van der Waals surface area (Å²) in [6.07, 6.45) is 1.33. The lowest BCUT2D eigenvalue weighted by molar-refractivity contribution is 1.53. The van der Waals surface area contributed by atoms with E-state index in [4.69, 9.17) is 16.9 Å². The molecule has 0 aliphatic carbocycles. The van der Waals surface area contributed by atoms with E-state index in [-0.39, 0.29) is 0 Å². The highest BCUT2D eigenvalue weighted by molar-refractivity contribution is 14.1. The second-order valence-electron chi connectivity index (χ2n) is 2.10. The summed E-state index contributed by atoms with van der Waals surface area (Å²) < 4.78 is 1.05. The van der Waals surface area contributed by atoms with Crippen molar-refractivity contribution < 1.29 is 0 Å². The number of hydrogen-bond donors (Lipinski definition) is 0. The van der Waals surface area contributed by atoms with Crippen molar-refractivity contribution in [1.29, 1.82) is 5.26 Å². The summed E-state index contributed by atoms with van der Waals surface area (Å²) in [4.78, 5) is 0. The van der Waals surface area contributed by atoms with Gasteiger partial charge in [-0.05, 0) is 28.7 Å². The van der Waals surface area contributed by atoms with Gasteiger partial charge in [-0.25, -0.2) is 0 Å². The van der Waals surface area contributed by atoms with E-state index in [0.29, 0.717) is 5.03 Å². The Kier molecular flexibility index (Phi) is 3.57. The van der Waals surface area contributed by atoms with Crippen LogP contribution in [-0.2, 0) is 0 Å². The Labute approximate surface area is 89.8 Å². The molecule has 0 amide bonds. The molecule has 0 unspecified atom stereocenters. The Morgan fingerprint density at radius 1 is 1.50 bits per heavy atom.